The first-order valence-electron chi connectivity index (χ1n) is 9.30. The minimum atomic E-state index is -0.320. The fraction of sp³-hybridized carbons (Fsp3) is 0.273. The van der Waals surface area contributed by atoms with Crippen LogP contribution in [-0.2, 0) is 4.79 Å². The molecule has 1 saturated heterocycles. The second-order valence-electron chi connectivity index (χ2n) is 6.33. The van der Waals surface area contributed by atoms with E-state index in [0.717, 1.165) is 23.7 Å². The standard InChI is InChI=1S/C22H23NO4S/c1-4-15(3)27-18-12-11-16(13-19(18)26-5-2)14-20-21(24)23(22(25)28-20)17-9-7-6-8-10-17/h6-15H,4-5H2,1-3H3/b20-14-/t15-/m0/s1. The van der Waals surface area contributed by atoms with Crippen molar-refractivity contribution in [1.29, 1.82) is 0 Å². The molecule has 5 nitrogen and oxygen atoms in total. The van der Waals surface area contributed by atoms with Crippen molar-refractivity contribution in [2.24, 2.45) is 0 Å². The highest BCUT2D eigenvalue weighted by Crippen LogP contribution is 2.37. The van der Waals surface area contributed by atoms with E-state index in [-0.39, 0.29) is 17.3 Å². The second kappa shape index (κ2) is 8.97. The zero-order valence-corrected chi connectivity index (χ0v) is 17.0. The van der Waals surface area contributed by atoms with Gasteiger partial charge in [0.25, 0.3) is 11.1 Å². The van der Waals surface area contributed by atoms with E-state index in [1.807, 2.05) is 38.1 Å². The van der Waals surface area contributed by atoms with Gasteiger partial charge in [-0.3, -0.25) is 9.59 Å². The molecule has 0 N–H and O–H groups in total. The number of carbonyl (C=O) groups is 2. The molecule has 146 valence electrons. The van der Waals surface area contributed by atoms with Crippen molar-refractivity contribution in [1.82, 2.24) is 0 Å². The van der Waals surface area contributed by atoms with Crippen LogP contribution in [0.3, 0.4) is 0 Å². The van der Waals surface area contributed by atoms with Crippen LogP contribution in [0.5, 0.6) is 11.5 Å². The van der Waals surface area contributed by atoms with E-state index in [9.17, 15) is 9.59 Å². The maximum Gasteiger partial charge on any atom is 0.298 e. The molecule has 2 aromatic rings. The van der Waals surface area contributed by atoms with Gasteiger partial charge in [0, 0.05) is 0 Å². The number of rotatable bonds is 7. The molecule has 0 aromatic heterocycles. The van der Waals surface area contributed by atoms with Gasteiger partial charge in [0.2, 0.25) is 0 Å². The molecule has 2 amide bonds. The van der Waals surface area contributed by atoms with Gasteiger partial charge in [-0.15, -0.1) is 0 Å². The van der Waals surface area contributed by atoms with Gasteiger partial charge < -0.3 is 9.47 Å². The summed E-state index contributed by atoms with van der Waals surface area (Å²) >= 11 is 0.936. The molecule has 1 heterocycles. The van der Waals surface area contributed by atoms with E-state index in [4.69, 9.17) is 9.47 Å². The van der Waals surface area contributed by atoms with E-state index < -0.39 is 0 Å². The predicted octanol–water partition coefficient (Wildman–Crippen LogP) is 5.50. The molecule has 0 bridgehead atoms. The normalized spacial score (nSPS) is 16.5. The average molecular weight is 397 g/mol. The lowest BCUT2D eigenvalue weighted by Crippen LogP contribution is -2.27. The number of benzene rings is 2. The monoisotopic (exact) mass is 397 g/mol. The van der Waals surface area contributed by atoms with Crippen molar-refractivity contribution in [3.8, 4) is 11.5 Å². The summed E-state index contributed by atoms with van der Waals surface area (Å²) in [7, 11) is 0. The molecule has 2 aromatic carbocycles. The van der Waals surface area contributed by atoms with E-state index >= 15 is 0 Å². The molecule has 0 saturated carbocycles. The Bertz CT molecular complexity index is 895. The summed E-state index contributed by atoms with van der Waals surface area (Å²) in [6.07, 6.45) is 2.68. The molecule has 0 radical (unpaired) electrons. The number of nitrogens with zero attached hydrogens (tertiary/aromatic N) is 1. The van der Waals surface area contributed by atoms with Crippen molar-refractivity contribution < 1.29 is 19.1 Å². The van der Waals surface area contributed by atoms with Crippen molar-refractivity contribution in [2.45, 2.75) is 33.3 Å². The van der Waals surface area contributed by atoms with E-state index in [0.29, 0.717) is 28.7 Å². The first kappa shape index (κ1) is 20.0. The summed E-state index contributed by atoms with van der Waals surface area (Å²) in [4.78, 5) is 26.7. The maximum atomic E-state index is 12.7. The van der Waals surface area contributed by atoms with Gasteiger partial charge in [0.1, 0.15) is 0 Å². The largest absolute Gasteiger partial charge is 0.490 e. The van der Waals surface area contributed by atoms with E-state index in [1.165, 1.54) is 4.90 Å². The number of ether oxygens (including phenoxy) is 2. The number of thioether (sulfide) groups is 1. The van der Waals surface area contributed by atoms with E-state index in [2.05, 4.69) is 6.92 Å². The molecule has 28 heavy (non-hydrogen) atoms. The number of carbonyl (C=O) groups excluding carboxylic acids is 2. The van der Waals surface area contributed by atoms with Crippen LogP contribution in [0.2, 0.25) is 0 Å². The summed E-state index contributed by atoms with van der Waals surface area (Å²) < 4.78 is 11.6. The summed E-state index contributed by atoms with van der Waals surface area (Å²) in [6.45, 7) is 6.47. The Balaban J connectivity index is 1.87. The Morgan fingerprint density at radius 2 is 1.82 bits per heavy atom. The van der Waals surface area contributed by atoms with E-state index in [1.54, 1.807) is 30.3 Å². The zero-order valence-electron chi connectivity index (χ0n) is 16.2. The Morgan fingerprint density at radius 3 is 2.50 bits per heavy atom. The number of amides is 2. The molecule has 3 rings (SSSR count). The SMILES string of the molecule is CCOc1cc(/C=C2\SC(=O)N(c3ccccc3)C2=O)ccc1O[C@@H](C)CC. The van der Waals surface area contributed by atoms with Crippen LogP contribution < -0.4 is 14.4 Å². The van der Waals surface area contributed by atoms with Gasteiger partial charge in [0.05, 0.1) is 23.3 Å². The Morgan fingerprint density at radius 1 is 1.07 bits per heavy atom. The Hall–Kier alpha value is -2.73. The van der Waals surface area contributed by atoms with Crippen molar-refractivity contribution in [3.63, 3.8) is 0 Å². The fourth-order valence-electron chi connectivity index (χ4n) is 2.70. The molecule has 0 spiro atoms. The van der Waals surface area contributed by atoms with Gasteiger partial charge in [-0.1, -0.05) is 31.2 Å². The van der Waals surface area contributed by atoms with Crippen molar-refractivity contribution >= 4 is 34.7 Å². The van der Waals surface area contributed by atoms with Gasteiger partial charge in [0.15, 0.2) is 11.5 Å². The van der Waals surface area contributed by atoms with Gasteiger partial charge in [-0.25, -0.2) is 4.90 Å². The van der Waals surface area contributed by atoms with Gasteiger partial charge >= 0.3 is 0 Å². The van der Waals surface area contributed by atoms with Crippen LogP contribution in [0.4, 0.5) is 10.5 Å². The minimum Gasteiger partial charge on any atom is -0.490 e. The van der Waals surface area contributed by atoms with Crippen LogP contribution in [0.1, 0.15) is 32.8 Å². The highest BCUT2D eigenvalue weighted by molar-refractivity contribution is 8.19. The van der Waals surface area contributed by atoms with Crippen LogP contribution in [-0.4, -0.2) is 23.9 Å². The van der Waals surface area contributed by atoms with Crippen LogP contribution >= 0.6 is 11.8 Å². The summed E-state index contributed by atoms with van der Waals surface area (Å²) in [5.41, 5.74) is 1.35. The zero-order chi connectivity index (χ0) is 20.1. The molecular formula is C22H23NO4S. The van der Waals surface area contributed by atoms with Crippen LogP contribution in [0, 0.1) is 0 Å². The molecule has 1 fully saturated rings. The van der Waals surface area contributed by atoms with Crippen molar-refractivity contribution in [3.05, 3.63) is 59.0 Å². The third kappa shape index (κ3) is 4.39. The Labute approximate surface area is 169 Å². The van der Waals surface area contributed by atoms with Gasteiger partial charge in [-0.2, -0.15) is 0 Å². The number of hydrogen-bond acceptors (Lipinski definition) is 5. The summed E-state index contributed by atoms with van der Waals surface area (Å²) in [5, 5.41) is -0.302. The number of hydrogen-bond donors (Lipinski definition) is 0. The summed E-state index contributed by atoms with van der Waals surface area (Å²) in [5.74, 6) is 0.976. The quantitative estimate of drug-likeness (QED) is 0.577. The molecule has 0 aliphatic carbocycles. The van der Waals surface area contributed by atoms with Gasteiger partial charge in [-0.05, 0) is 67.9 Å². The third-order valence-electron chi connectivity index (χ3n) is 4.28. The third-order valence-corrected chi connectivity index (χ3v) is 5.15. The topological polar surface area (TPSA) is 55.8 Å². The minimum absolute atomic E-state index is 0.0763. The summed E-state index contributed by atoms with van der Waals surface area (Å²) in [6, 6.07) is 14.5. The molecule has 1 aliphatic rings. The van der Waals surface area contributed by atoms with Crippen LogP contribution in [0.15, 0.2) is 53.4 Å². The first-order valence-corrected chi connectivity index (χ1v) is 10.1. The lowest BCUT2D eigenvalue weighted by Gasteiger charge is -2.16. The second-order valence-corrected chi connectivity index (χ2v) is 7.32. The highest BCUT2D eigenvalue weighted by Gasteiger charge is 2.36. The molecule has 1 atom stereocenters. The molecule has 6 heteroatoms. The Kier molecular flexibility index (Phi) is 6.41. The van der Waals surface area contributed by atoms with Crippen LogP contribution in [0.25, 0.3) is 6.08 Å². The highest BCUT2D eigenvalue weighted by atomic mass is 32.2. The predicted molar refractivity (Wildman–Crippen MR) is 113 cm³/mol. The van der Waals surface area contributed by atoms with Crippen molar-refractivity contribution in [2.75, 3.05) is 11.5 Å². The lowest BCUT2D eigenvalue weighted by molar-refractivity contribution is -0.113. The average Bonchev–Trinajstić information content (AvgIpc) is 2.97. The number of imide groups is 1. The number of para-hydroxylation sites is 1. The maximum absolute atomic E-state index is 12.7. The lowest BCUT2D eigenvalue weighted by atomic mass is 10.1. The smallest absolute Gasteiger partial charge is 0.298 e. The fourth-order valence-corrected chi connectivity index (χ4v) is 3.54. The molecular weight excluding hydrogens is 374 g/mol. The number of anilines is 1. The molecule has 0 unspecified atom stereocenters. The first-order chi connectivity index (χ1) is 13.5. The molecule has 1 aliphatic heterocycles.